The Bertz CT molecular complexity index is 1450. The van der Waals surface area contributed by atoms with Crippen LogP contribution in [0, 0.1) is 6.92 Å². The number of ether oxygens (including phenoxy) is 2. The van der Waals surface area contributed by atoms with Crippen molar-refractivity contribution in [2.24, 2.45) is 0 Å². The van der Waals surface area contributed by atoms with Crippen molar-refractivity contribution in [1.82, 2.24) is 14.5 Å². The number of H-pyrrole nitrogens is 1. The number of nitrogens with one attached hydrogen (secondary N) is 2. The number of aromatic amines is 1. The minimum absolute atomic E-state index is 0.0748. The van der Waals surface area contributed by atoms with Gasteiger partial charge in [0.1, 0.15) is 0 Å². The molecule has 1 amide bonds. The second-order valence-electron chi connectivity index (χ2n) is 7.98. The first-order valence-corrected chi connectivity index (χ1v) is 12.3. The highest BCUT2D eigenvalue weighted by Crippen LogP contribution is 2.24. The topological polar surface area (TPSA) is 148 Å². The first kappa shape index (κ1) is 24.5. The number of sulfonamides is 1. The zero-order valence-corrected chi connectivity index (χ0v) is 19.9. The standard InChI is InChI=1S/C23H24N4O7S/c1-14-7-8-16(13-19(14)35(31,32)27-9-11-33-12-10-27)24-21(28)15(2)34-23(30)20-17-5-3-4-6-18(17)22(29)26-25-20/h3-8,13,15H,9-12H2,1-2H3,(H,24,28)(H,26,29)/t15-/m0/s1. The Balaban J connectivity index is 1.49. The Morgan fingerprint density at radius 1 is 1.14 bits per heavy atom. The number of esters is 1. The highest BCUT2D eigenvalue weighted by molar-refractivity contribution is 7.89. The highest BCUT2D eigenvalue weighted by atomic mass is 32.2. The minimum Gasteiger partial charge on any atom is -0.448 e. The number of aromatic nitrogens is 2. The van der Waals surface area contributed by atoms with Crippen LogP contribution in [0.1, 0.15) is 23.0 Å². The third-order valence-corrected chi connectivity index (χ3v) is 7.63. The number of fused-ring (bicyclic) bond motifs is 1. The van der Waals surface area contributed by atoms with Gasteiger partial charge in [-0.2, -0.15) is 9.40 Å². The smallest absolute Gasteiger partial charge is 0.360 e. The average Bonchev–Trinajstić information content (AvgIpc) is 2.86. The third-order valence-electron chi connectivity index (χ3n) is 5.59. The van der Waals surface area contributed by atoms with Crippen molar-refractivity contribution in [3.05, 3.63) is 64.1 Å². The van der Waals surface area contributed by atoms with Crippen LogP contribution in [0.15, 0.2) is 52.2 Å². The summed E-state index contributed by atoms with van der Waals surface area (Å²) in [6.07, 6.45) is -1.23. The van der Waals surface area contributed by atoms with Gasteiger partial charge in [0.2, 0.25) is 10.0 Å². The molecule has 1 saturated heterocycles. The fraction of sp³-hybridized carbons (Fsp3) is 0.304. The van der Waals surface area contributed by atoms with Gasteiger partial charge in [0.05, 0.1) is 23.5 Å². The molecule has 184 valence electrons. The van der Waals surface area contributed by atoms with Gasteiger partial charge in [-0.25, -0.2) is 18.3 Å². The third kappa shape index (κ3) is 5.09. The quantitative estimate of drug-likeness (QED) is 0.483. The molecular weight excluding hydrogens is 476 g/mol. The van der Waals surface area contributed by atoms with Gasteiger partial charge in [0.15, 0.2) is 11.8 Å². The molecule has 3 aromatic rings. The van der Waals surface area contributed by atoms with Crippen LogP contribution in [-0.4, -0.2) is 67.2 Å². The van der Waals surface area contributed by atoms with Crippen molar-refractivity contribution in [3.63, 3.8) is 0 Å². The van der Waals surface area contributed by atoms with Crippen LogP contribution in [-0.2, 0) is 24.3 Å². The number of rotatable bonds is 6. The van der Waals surface area contributed by atoms with Crippen molar-refractivity contribution < 1.29 is 27.5 Å². The number of carbonyl (C=O) groups is 2. The molecule has 0 saturated carbocycles. The summed E-state index contributed by atoms with van der Waals surface area (Å²) >= 11 is 0. The Labute approximate surface area is 201 Å². The van der Waals surface area contributed by atoms with Crippen LogP contribution in [0.5, 0.6) is 0 Å². The maximum atomic E-state index is 13.1. The van der Waals surface area contributed by atoms with Crippen molar-refractivity contribution >= 4 is 38.4 Å². The van der Waals surface area contributed by atoms with Gasteiger partial charge >= 0.3 is 5.97 Å². The molecule has 12 heteroatoms. The van der Waals surface area contributed by atoms with Gasteiger partial charge in [-0.05, 0) is 37.6 Å². The van der Waals surface area contributed by atoms with Crippen LogP contribution in [0.25, 0.3) is 10.8 Å². The van der Waals surface area contributed by atoms with Gasteiger partial charge in [-0.1, -0.05) is 24.3 Å². The van der Waals surface area contributed by atoms with Crippen LogP contribution >= 0.6 is 0 Å². The normalized spacial score (nSPS) is 15.5. The van der Waals surface area contributed by atoms with E-state index in [1.54, 1.807) is 43.3 Å². The molecule has 2 N–H and O–H groups in total. The number of hydrogen-bond acceptors (Lipinski definition) is 8. The molecule has 35 heavy (non-hydrogen) atoms. The van der Waals surface area contributed by atoms with Crippen LogP contribution in [0.2, 0.25) is 0 Å². The molecule has 1 atom stereocenters. The van der Waals surface area contributed by atoms with Gasteiger partial charge in [0, 0.05) is 24.2 Å². The fourth-order valence-electron chi connectivity index (χ4n) is 3.67. The minimum atomic E-state index is -3.77. The summed E-state index contributed by atoms with van der Waals surface area (Å²) in [4.78, 5) is 37.4. The molecule has 1 aliphatic heterocycles. The van der Waals surface area contributed by atoms with E-state index in [1.807, 2.05) is 0 Å². The summed E-state index contributed by atoms with van der Waals surface area (Å²) in [6.45, 7) is 4.18. The molecule has 1 aliphatic rings. The zero-order valence-electron chi connectivity index (χ0n) is 19.1. The first-order valence-electron chi connectivity index (χ1n) is 10.9. The Morgan fingerprint density at radius 2 is 1.83 bits per heavy atom. The first-order chi connectivity index (χ1) is 16.7. The second kappa shape index (κ2) is 9.94. The lowest BCUT2D eigenvalue weighted by molar-refractivity contribution is -0.123. The van der Waals surface area contributed by atoms with Crippen molar-refractivity contribution in [2.45, 2.75) is 24.8 Å². The SMILES string of the molecule is Cc1ccc(NC(=O)[C@H](C)OC(=O)c2n[nH]c(=O)c3ccccc23)cc1S(=O)(=O)N1CCOCC1. The number of aryl methyl sites for hydroxylation is 1. The molecule has 1 fully saturated rings. The number of amides is 1. The molecule has 11 nitrogen and oxygen atoms in total. The van der Waals surface area contributed by atoms with E-state index in [4.69, 9.17) is 9.47 Å². The van der Waals surface area contributed by atoms with Crippen LogP contribution in [0.4, 0.5) is 5.69 Å². The largest absolute Gasteiger partial charge is 0.448 e. The summed E-state index contributed by atoms with van der Waals surface area (Å²) < 4.78 is 38.0. The summed E-state index contributed by atoms with van der Waals surface area (Å²) in [5.41, 5.74) is 0.187. The Morgan fingerprint density at radius 3 is 2.54 bits per heavy atom. The molecule has 2 aromatic carbocycles. The number of morpholine rings is 1. The number of hydrogen-bond donors (Lipinski definition) is 2. The predicted octanol–water partition coefficient (Wildman–Crippen LogP) is 1.44. The lowest BCUT2D eigenvalue weighted by Crippen LogP contribution is -2.40. The molecular formula is C23H24N4O7S. The molecule has 0 aliphatic carbocycles. The maximum Gasteiger partial charge on any atom is 0.360 e. The summed E-state index contributed by atoms with van der Waals surface area (Å²) in [7, 11) is -3.77. The molecule has 0 bridgehead atoms. The monoisotopic (exact) mass is 500 g/mol. The predicted molar refractivity (Wildman–Crippen MR) is 127 cm³/mol. The van der Waals surface area contributed by atoms with E-state index in [2.05, 4.69) is 15.5 Å². The van der Waals surface area contributed by atoms with Crippen LogP contribution in [0.3, 0.4) is 0 Å². The molecule has 0 radical (unpaired) electrons. The molecule has 0 unspecified atom stereocenters. The number of anilines is 1. The average molecular weight is 501 g/mol. The summed E-state index contributed by atoms with van der Waals surface area (Å²) in [5, 5.41) is 9.16. The Kier molecular flexibility index (Phi) is 6.96. The van der Waals surface area contributed by atoms with Gasteiger partial charge in [0.25, 0.3) is 11.5 Å². The van der Waals surface area contributed by atoms with Crippen LogP contribution < -0.4 is 10.9 Å². The second-order valence-corrected chi connectivity index (χ2v) is 9.89. The van der Waals surface area contributed by atoms with E-state index >= 15 is 0 Å². The van der Waals surface area contributed by atoms with Crippen molar-refractivity contribution in [1.29, 1.82) is 0 Å². The fourth-order valence-corrected chi connectivity index (χ4v) is 5.32. The van der Waals surface area contributed by atoms with E-state index in [0.29, 0.717) is 24.2 Å². The van der Waals surface area contributed by atoms with E-state index in [0.717, 1.165) is 0 Å². The molecule has 0 spiro atoms. The zero-order chi connectivity index (χ0) is 25.2. The van der Waals surface area contributed by atoms with Gasteiger partial charge < -0.3 is 14.8 Å². The summed E-state index contributed by atoms with van der Waals surface area (Å²) in [6, 6.07) is 10.9. The van der Waals surface area contributed by atoms with Gasteiger partial charge in [-0.3, -0.25) is 9.59 Å². The van der Waals surface area contributed by atoms with E-state index in [1.165, 1.54) is 17.3 Å². The molecule has 4 rings (SSSR count). The van der Waals surface area contributed by atoms with Crippen molar-refractivity contribution in [2.75, 3.05) is 31.6 Å². The van der Waals surface area contributed by atoms with E-state index < -0.39 is 33.6 Å². The lowest BCUT2D eigenvalue weighted by Gasteiger charge is -2.27. The summed E-state index contributed by atoms with van der Waals surface area (Å²) in [5.74, 6) is -1.55. The number of carbonyl (C=O) groups excluding carboxylic acids is 2. The van der Waals surface area contributed by atoms with E-state index in [-0.39, 0.29) is 34.8 Å². The van der Waals surface area contributed by atoms with E-state index in [9.17, 15) is 22.8 Å². The van der Waals surface area contributed by atoms with Crippen molar-refractivity contribution in [3.8, 4) is 0 Å². The maximum absolute atomic E-state index is 13.1. The number of benzene rings is 2. The Hall–Kier alpha value is -3.61. The van der Waals surface area contributed by atoms with Gasteiger partial charge in [-0.15, -0.1) is 0 Å². The molecule has 1 aromatic heterocycles. The number of nitrogens with zero attached hydrogens (tertiary/aromatic N) is 2. The lowest BCUT2D eigenvalue weighted by atomic mass is 10.1. The highest BCUT2D eigenvalue weighted by Gasteiger charge is 2.28. The molecule has 2 heterocycles.